The minimum absolute atomic E-state index is 0.297. The van der Waals surface area contributed by atoms with E-state index in [1.54, 1.807) is 7.11 Å². The van der Waals surface area contributed by atoms with E-state index < -0.39 is 11.2 Å². The van der Waals surface area contributed by atoms with E-state index in [-0.39, 0.29) is 0 Å². The number of imidazole rings is 1. The molecule has 0 aliphatic heterocycles. The Morgan fingerprint density at radius 1 is 1.05 bits per heavy atom. The minimum atomic E-state index is -0.547. The molecule has 3 rings (SSSR count). The first-order chi connectivity index (χ1) is 9.17. The van der Waals surface area contributed by atoms with Gasteiger partial charge in [0.2, 0.25) is 11.3 Å². The summed E-state index contributed by atoms with van der Waals surface area (Å²) in [6, 6.07) is 7.29. The lowest BCUT2D eigenvalue weighted by molar-refractivity contribution is -0.333. The van der Waals surface area contributed by atoms with E-state index in [1.165, 1.54) is 0 Å². The molecule has 0 aliphatic rings. The predicted molar refractivity (Wildman–Crippen MR) is 68.1 cm³/mol. The molecule has 0 spiro atoms. The molecule has 3 aromatic rings. The summed E-state index contributed by atoms with van der Waals surface area (Å²) in [5.41, 5.74) is 0.492. The van der Waals surface area contributed by atoms with Gasteiger partial charge in [0.05, 0.1) is 7.11 Å². The Balaban J connectivity index is 2.17. The van der Waals surface area contributed by atoms with Crippen LogP contribution in [0.1, 0.15) is 0 Å². The van der Waals surface area contributed by atoms with Crippen molar-refractivity contribution in [3.63, 3.8) is 0 Å². The summed E-state index contributed by atoms with van der Waals surface area (Å²) in [5.74, 6) is 1.37. The quantitative estimate of drug-likeness (QED) is 0.604. The fourth-order valence-corrected chi connectivity index (χ4v) is 1.88. The Morgan fingerprint density at radius 3 is 2.47 bits per heavy atom. The topological polar surface area (TPSA) is 105 Å². The van der Waals surface area contributed by atoms with Crippen LogP contribution in [-0.4, -0.2) is 22.1 Å². The zero-order valence-corrected chi connectivity index (χ0v) is 10.0. The highest BCUT2D eigenvalue weighted by Gasteiger charge is 2.14. The fraction of sp³-hybridized carbons (Fsp3) is 0.0833. The normalized spacial score (nSPS) is 10.8. The van der Waals surface area contributed by atoms with Crippen molar-refractivity contribution in [2.75, 3.05) is 7.11 Å². The van der Waals surface area contributed by atoms with E-state index in [9.17, 15) is 9.59 Å². The number of aromatic nitrogens is 4. The lowest BCUT2D eigenvalue weighted by atomic mass is 10.2. The van der Waals surface area contributed by atoms with Crippen molar-refractivity contribution < 1.29 is 9.72 Å². The summed E-state index contributed by atoms with van der Waals surface area (Å²) in [5, 5.41) is 0. The molecule has 0 bridgehead atoms. The molecule has 0 saturated carbocycles. The Bertz CT molecular complexity index is 842. The van der Waals surface area contributed by atoms with Crippen LogP contribution in [0.25, 0.3) is 22.6 Å². The Morgan fingerprint density at radius 2 is 1.79 bits per heavy atom. The summed E-state index contributed by atoms with van der Waals surface area (Å²) in [6.45, 7) is 0. The van der Waals surface area contributed by atoms with Crippen LogP contribution in [0.2, 0.25) is 0 Å². The summed E-state index contributed by atoms with van der Waals surface area (Å²) < 4.78 is 5.08. The van der Waals surface area contributed by atoms with Gasteiger partial charge < -0.3 is 4.74 Å². The number of benzene rings is 1. The number of hydrogen-bond donors (Lipinski definition) is 3. The first-order valence-corrected chi connectivity index (χ1v) is 5.59. The number of hydrogen-bond acceptors (Lipinski definition) is 3. The second-order valence-corrected chi connectivity index (χ2v) is 4.01. The van der Waals surface area contributed by atoms with Crippen LogP contribution in [0.5, 0.6) is 5.75 Å². The van der Waals surface area contributed by atoms with E-state index in [4.69, 9.17) is 4.74 Å². The molecule has 2 heterocycles. The van der Waals surface area contributed by atoms with Crippen molar-refractivity contribution in [3.8, 4) is 17.1 Å². The highest BCUT2D eigenvalue weighted by molar-refractivity contribution is 5.69. The van der Waals surface area contributed by atoms with Gasteiger partial charge in [0.25, 0.3) is 11.2 Å². The number of ether oxygens (including phenoxy) is 1. The third-order valence-electron chi connectivity index (χ3n) is 2.82. The van der Waals surface area contributed by atoms with Crippen LogP contribution in [0.3, 0.4) is 0 Å². The maximum Gasteiger partial charge on any atom is 0.384 e. The summed E-state index contributed by atoms with van der Waals surface area (Å²) >= 11 is 0. The number of aromatic amines is 4. The van der Waals surface area contributed by atoms with Gasteiger partial charge in [0, 0.05) is 5.56 Å². The van der Waals surface area contributed by atoms with E-state index in [0.717, 1.165) is 11.3 Å². The first kappa shape index (κ1) is 11.3. The largest absolute Gasteiger partial charge is 0.497 e. The van der Waals surface area contributed by atoms with E-state index in [2.05, 4.69) is 19.9 Å². The van der Waals surface area contributed by atoms with Crippen molar-refractivity contribution in [2.24, 2.45) is 0 Å². The van der Waals surface area contributed by atoms with Crippen molar-refractivity contribution in [2.45, 2.75) is 0 Å². The molecule has 7 heteroatoms. The van der Waals surface area contributed by atoms with Gasteiger partial charge in [-0.3, -0.25) is 14.8 Å². The third kappa shape index (κ3) is 1.90. The lowest BCUT2D eigenvalue weighted by Crippen LogP contribution is -2.23. The van der Waals surface area contributed by atoms with E-state index in [1.807, 2.05) is 24.3 Å². The molecule has 0 aliphatic carbocycles. The van der Waals surface area contributed by atoms with Gasteiger partial charge in [-0.15, -0.1) is 0 Å². The molecule has 7 nitrogen and oxygen atoms in total. The molecule has 0 unspecified atom stereocenters. The number of nitrogens with one attached hydrogen (secondary N) is 4. The average Bonchev–Trinajstić information content (AvgIpc) is 2.83. The molecule has 0 amide bonds. The molecule has 1 aromatic carbocycles. The number of rotatable bonds is 2. The SMILES string of the molecule is COc1ccc(-c2[nH]c3c(=O)[nH]c(=O)[nH]c3[nH+]2)cc1. The van der Waals surface area contributed by atoms with Crippen molar-refractivity contribution in [1.29, 1.82) is 0 Å². The highest BCUT2D eigenvalue weighted by Crippen LogP contribution is 2.18. The summed E-state index contributed by atoms with van der Waals surface area (Å²) in [6.07, 6.45) is 0. The van der Waals surface area contributed by atoms with Crippen LogP contribution in [0, 0.1) is 0 Å². The second kappa shape index (κ2) is 4.13. The summed E-state index contributed by atoms with van der Waals surface area (Å²) in [4.78, 5) is 33.3. The Hall–Kier alpha value is -2.83. The lowest BCUT2D eigenvalue weighted by Gasteiger charge is -1.98. The molecule has 0 radical (unpaired) electrons. The van der Waals surface area contributed by atoms with Crippen LogP contribution in [0.4, 0.5) is 0 Å². The molecule has 0 atom stereocenters. The predicted octanol–water partition coefficient (Wildman–Crippen LogP) is 0.0342. The van der Waals surface area contributed by atoms with Gasteiger partial charge in [-0.2, -0.15) is 0 Å². The van der Waals surface area contributed by atoms with Crippen molar-refractivity contribution >= 4 is 11.2 Å². The maximum absolute atomic E-state index is 11.6. The van der Waals surface area contributed by atoms with Crippen molar-refractivity contribution in [1.82, 2.24) is 15.0 Å². The maximum atomic E-state index is 11.6. The van der Waals surface area contributed by atoms with Gasteiger partial charge in [-0.25, -0.2) is 14.8 Å². The number of fused-ring (bicyclic) bond motifs is 1. The van der Waals surface area contributed by atoms with Gasteiger partial charge in [-0.05, 0) is 24.3 Å². The van der Waals surface area contributed by atoms with E-state index in [0.29, 0.717) is 17.0 Å². The van der Waals surface area contributed by atoms with Crippen LogP contribution < -0.4 is 21.0 Å². The smallest absolute Gasteiger partial charge is 0.384 e. The zero-order valence-electron chi connectivity index (χ0n) is 10.0. The summed E-state index contributed by atoms with van der Waals surface area (Å²) in [7, 11) is 1.59. The minimum Gasteiger partial charge on any atom is -0.497 e. The molecular weight excluding hydrogens is 248 g/mol. The molecule has 19 heavy (non-hydrogen) atoms. The third-order valence-corrected chi connectivity index (χ3v) is 2.82. The van der Waals surface area contributed by atoms with Gasteiger partial charge in [0.15, 0.2) is 0 Å². The fourth-order valence-electron chi connectivity index (χ4n) is 1.88. The molecule has 2 aromatic heterocycles. The monoisotopic (exact) mass is 259 g/mol. The Kier molecular flexibility index (Phi) is 2.45. The molecular formula is C12H11N4O3+. The van der Waals surface area contributed by atoms with Gasteiger partial charge in [-0.1, -0.05) is 0 Å². The second-order valence-electron chi connectivity index (χ2n) is 4.01. The molecule has 0 saturated heterocycles. The molecule has 96 valence electrons. The van der Waals surface area contributed by atoms with Crippen molar-refractivity contribution in [3.05, 3.63) is 45.1 Å². The van der Waals surface area contributed by atoms with Crippen LogP contribution >= 0.6 is 0 Å². The average molecular weight is 259 g/mol. The van der Waals surface area contributed by atoms with Crippen LogP contribution in [0.15, 0.2) is 33.9 Å². The first-order valence-electron chi connectivity index (χ1n) is 5.59. The highest BCUT2D eigenvalue weighted by atomic mass is 16.5. The molecule has 0 fully saturated rings. The van der Waals surface area contributed by atoms with E-state index >= 15 is 0 Å². The van der Waals surface area contributed by atoms with Crippen LogP contribution in [-0.2, 0) is 0 Å². The van der Waals surface area contributed by atoms with Gasteiger partial charge in [0.1, 0.15) is 5.75 Å². The standard InChI is InChI=1S/C12H10N4O3/c1-19-7-4-2-6(3-5-7)9-13-8-10(14-9)15-12(18)16-11(8)17/h2-5H,1H3,(H3,13,14,15,16,17,18)/p+1. The molecule has 4 N–H and O–H groups in total. The Labute approximate surface area is 106 Å². The van der Waals surface area contributed by atoms with Gasteiger partial charge >= 0.3 is 5.69 Å². The number of methoxy groups -OCH3 is 1. The number of H-pyrrole nitrogens is 4. The zero-order chi connectivity index (χ0) is 13.4.